The first-order valence-electron chi connectivity index (χ1n) is 12.7. The van der Waals surface area contributed by atoms with Gasteiger partial charge in [0, 0.05) is 37.6 Å². The Morgan fingerprint density at radius 2 is 1.79 bits per heavy atom. The van der Waals surface area contributed by atoms with Gasteiger partial charge in [-0.2, -0.15) is 0 Å². The molecule has 5 nitrogen and oxygen atoms in total. The Hall–Kier alpha value is -2.24. The number of aliphatic hydroxyl groups is 1. The van der Waals surface area contributed by atoms with Crippen LogP contribution in [0.2, 0.25) is 0 Å². The zero-order valence-electron chi connectivity index (χ0n) is 20.0. The molecule has 1 aliphatic heterocycles. The number of nitrogens with zero attached hydrogens (tertiary/aromatic N) is 2. The first kappa shape index (κ1) is 23.9. The molecular weight excluding hydrogens is 412 g/mol. The molecule has 0 radical (unpaired) electrons. The van der Waals surface area contributed by atoms with E-state index >= 15 is 0 Å². The van der Waals surface area contributed by atoms with Gasteiger partial charge in [-0.3, -0.25) is 4.98 Å². The highest BCUT2D eigenvalue weighted by molar-refractivity contribution is 5.81. The van der Waals surface area contributed by atoms with E-state index in [1.54, 1.807) is 0 Å². The molecule has 0 spiro atoms. The van der Waals surface area contributed by atoms with Crippen LogP contribution in [0, 0.1) is 5.92 Å². The van der Waals surface area contributed by atoms with Crippen molar-refractivity contribution in [3.8, 4) is 0 Å². The van der Waals surface area contributed by atoms with Crippen LogP contribution in [0.5, 0.6) is 0 Å². The Labute approximate surface area is 198 Å². The zero-order valence-corrected chi connectivity index (χ0v) is 20.0. The molecule has 0 amide bonds. The minimum absolute atomic E-state index is 0.0778. The van der Waals surface area contributed by atoms with Crippen molar-refractivity contribution >= 4 is 5.97 Å². The molecule has 33 heavy (non-hydrogen) atoms. The molecule has 178 valence electrons. The Bertz CT molecular complexity index is 885. The summed E-state index contributed by atoms with van der Waals surface area (Å²) >= 11 is 0. The molecule has 4 rings (SSSR count). The number of hydrogen-bond acceptors (Lipinski definition) is 4. The third-order valence-corrected chi connectivity index (χ3v) is 8.10. The first-order valence-corrected chi connectivity index (χ1v) is 12.7. The van der Waals surface area contributed by atoms with Gasteiger partial charge in [0.05, 0.1) is 20.1 Å². The van der Waals surface area contributed by atoms with Gasteiger partial charge in [-0.15, -0.1) is 0 Å². The van der Waals surface area contributed by atoms with Gasteiger partial charge < -0.3 is 14.3 Å². The lowest BCUT2D eigenvalue weighted by atomic mass is 9.73. The van der Waals surface area contributed by atoms with Crippen molar-refractivity contribution in [2.75, 3.05) is 26.7 Å². The monoisotopic (exact) mass is 451 g/mol. The van der Waals surface area contributed by atoms with Crippen LogP contribution in [0.4, 0.5) is 0 Å². The number of aromatic nitrogens is 1. The van der Waals surface area contributed by atoms with E-state index in [2.05, 4.69) is 24.2 Å². The van der Waals surface area contributed by atoms with Gasteiger partial charge >= 0.3 is 5.97 Å². The number of benzene rings is 1. The van der Waals surface area contributed by atoms with E-state index < -0.39 is 11.6 Å². The van der Waals surface area contributed by atoms with Crippen molar-refractivity contribution in [1.82, 2.24) is 4.98 Å². The van der Waals surface area contributed by atoms with Crippen LogP contribution in [0.25, 0.3) is 0 Å². The molecule has 1 aromatic heterocycles. The molecule has 1 saturated heterocycles. The quantitative estimate of drug-likeness (QED) is 0.446. The average molecular weight is 452 g/mol. The molecule has 1 aromatic carbocycles. The fraction of sp³-hybridized carbons (Fsp3) is 0.571. The Balaban J connectivity index is 1.39. The normalized spacial score (nSPS) is 25.5. The summed E-state index contributed by atoms with van der Waals surface area (Å²) in [6.45, 7) is 2.56. The van der Waals surface area contributed by atoms with E-state index in [-0.39, 0.29) is 12.0 Å². The van der Waals surface area contributed by atoms with Crippen molar-refractivity contribution in [3.05, 3.63) is 66.0 Å². The summed E-state index contributed by atoms with van der Waals surface area (Å²) in [6.07, 6.45) is 13.1. The highest BCUT2D eigenvalue weighted by atomic mass is 16.6. The smallest absolute Gasteiger partial charge is 0.343 e. The number of likely N-dealkylation sites (N-methyl/N-ethyl adjacent to an activating group) is 1. The van der Waals surface area contributed by atoms with Crippen molar-refractivity contribution in [2.24, 2.45) is 5.92 Å². The topological polar surface area (TPSA) is 59.4 Å². The molecule has 1 saturated carbocycles. The average Bonchev–Trinajstić information content (AvgIpc) is 3.23. The Morgan fingerprint density at radius 3 is 2.52 bits per heavy atom. The van der Waals surface area contributed by atoms with Gasteiger partial charge in [-0.05, 0) is 42.5 Å². The Kier molecular flexibility index (Phi) is 7.82. The number of ether oxygens (including phenoxy) is 1. The SMILES string of the molecule is C[N+]1(CCCc2ccncc2)CCCC1COC(=O)[C@](O)(c1ccccc1)C1CCCCC1. The maximum Gasteiger partial charge on any atom is 0.343 e. The number of pyridine rings is 1. The predicted octanol–water partition coefficient (Wildman–Crippen LogP) is 4.63. The lowest BCUT2D eigenvalue weighted by Crippen LogP contribution is -2.52. The summed E-state index contributed by atoms with van der Waals surface area (Å²) < 4.78 is 6.88. The largest absolute Gasteiger partial charge is 0.457 e. The number of carbonyl (C=O) groups excluding carboxylic acids is 1. The summed E-state index contributed by atoms with van der Waals surface area (Å²) in [5.41, 5.74) is 0.437. The van der Waals surface area contributed by atoms with Crippen LogP contribution in [-0.4, -0.2) is 53.3 Å². The number of aryl methyl sites for hydroxylation is 1. The summed E-state index contributed by atoms with van der Waals surface area (Å²) in [7, 11) is 2.29. The van der Waals surface area contributed by atoms with Crippen LogP contribution in [0.3, 0.4) is 0 Å². The molecule has 2 fully saturated rings. The summed E-state index contributed by atoms with van der Waals surface area (Å²) in [5.74, 6) is -0.540. The van der Waals surface area contributed by atoms with Gasteiger partial charge in [0.15, 0.2) is 5.60 Å². The van der Waals surface area contributed by atoms with Crippen LogP contribution < -0.4 is 0 Å². The van der Waals surface area contributed by atoms with Gasteiger partial charge in [-0.25, -0.2) is 4.79 Å². The number of quaternary nitrogens is 1. The fourth-order valence-electron chi connectivity index (χ4n) is 5.95. The number of hydrogen-bond donors (Lipinski definition) is 1. The summed E-state index contributed by atoms with van der Waals surface area (Å²) in [4.78, 5) is 17.5. The highest BCUT2D eigenvalue weighted by Gasteiger charge is 2.48. The van der Waals surface area contributed by atoms with Crippen LogP contribution in [0.15, 0.2) is 54.9 Å². The predicted molar refractivity (Wildman–Crippen MR) is 129 cm³/mol. The van der Waals surface area contributed by atoms with Crippen molar-refractivity contribution in [2.45, 2.75) is 69.4 Å². The summed E-state index contributed by atoms with van der Waals surface area (Å²) in [5, 5.41) is 11.8. The van der Waals surface area contributed by atoms with Gasteiger partial charge in [0.1, 0.15) is 12.6 Å². The molecule has 1 N–H and O–H groups in total. The van der Waals surface area contributed by atoms with Crippen LogP contribution in [-0.2, 0) is 21.6 Å². The Morgan fingerprint density at radius 1 is 1.06 bits per heavy atom. The number of likely N-dealkylation sites (tertiary alicyclic amines) is 1. The lowest BCUT2D eigenvalue weighted by Gasteiger charge is -2.39. The second-order valence-corrected chi connectivity index (χ2v) is 10.2. The van der Waals surface area contributed by atoms with Crippen molar-refractivity contribution < 1.29 is 19.1 Å². The van der Waals surface area contributed by atoms with E-state index in [0.717, 1.165) is 68.9 Å². The lowest BCUT2D eigenvalue weighted by molar-refractivity contribution is -0.921. The molecule has 2 aromatic rings. The van der Waals surface area contributed by atoms with Gasteiger partial charge in [0.25, 0.3) is 0 Å². The molecule has 5 heteroatoms. The van der Waals surface area contributed by atoms with E-state index in [4.69, 9.17) is 4.74 Å². The second-order valence-electron chi connectivity index (χ2n) is 10.2. The van der Waals surface area contributed by atoms with Crippen molar-refractivity contribution in [3.63, 3.8) is 0 Å². The molecule has 3 atom stereocenters. The fourth-order valence-corrected chi connectivity index (χ4v) is 5.95. The molecular formula is C28H39N2O3+. The minimum atomic E-state index is -1.55. The summed E-state index contributed by atoms with van der Waals surface area (Å²) in [6, 6.07) is 13.9. The highest BCUT2D eigenvalue weighted by Crippen LogP contribution is 2.40. The number of rotatable bonds is 9. The van der Waals surface area contributed by atoms with Crippen molar-refractivity contribution in [1.29, 1.82) is 0 Å². The van der Waals surface area contributed by atoms with Gasteiger partial charge in [-0.1, -0.05) is 49.6 Å². The van der Waals surface area contributed by atoms with E-state index in [9.17, 15) is 9.90 Å². The van der Waals surface area contributed by atoms with E-state index in [1.165, 1.54) is 12.0 Å². The molecule has 2 unspecified atom stereocenters. The number of carbonyl (C=O) groups is 1. The van der Waals surface area contributed by atoms with E-state index in [0.29, 0.717) is 12.2 Å². The maximum absolute atomic E-state index is 13.4. The minimum Gasteiger partial charge on any atom is -0.457 e. The first-order chi connectivity index (χ1) is 16.0. The molecule has 0 bridgehead atoms. The molecule has 2 heterocycles. The second kappa shape index (κ2) is 10.8. The van der Waals surface area contributed by atoms with Gasteiger partial charge in [0.2, 0.25) is 0 Å². The third-order valence-electron chi connectivity index (χ3n) is 8.10. The standard InChI is InChI=1S/C28H39N2O3/c1-30(20-8-10-23-16-18-29-19-17-23)21-9-15-26(30)22-33-27(31)28(32,24-11-4-2-5-12-24)25-13-6-3-7-14-25/h2,4-5,11-12,16-19,25-26,32H,3,6-10,13-15,20-22H2,1H3/q+1/t26?,28-,30?/m0/s1. The van der Waals surface area contributed by atoms with Crippen LogP contribution >= 0.6 is 0 Å². The number of esters is 1. The van der Waals surface area contributed by atoms with Crippen LogP contribution in [0.1, 0.15) is 62.5 Å². The molecule has 1 aliphatic carbocycles. The third kappa shape index (κ3) is 5.47. The zero-order chi connectivity index (χ0) is 23.2. The molecule has 2 aliphatic rings. The van der Waals surface area contributed by atoms with E-state index in [1.807, 2.05) is 42.7 Å². The maximum atomic E-state index is 13.4.